The number of hydrogen-bond acceptors (Lipinski definition) is 6. The first-order chi connectivity index (χ1) is 17.7. The molecule has 2 aromatic rings. The van der Waals surface area contributed by atoms with Gasteiger partial charge in [-0.2, -0.15) is 0 Å². The van der Waals surface area contributed by atoms with Crippen LogP contribution in [0, 0.1) is 0 Å². The van der Waals surface area contributed by atoms with E-state index in [0.29, 0.717) is 6.42 Å². The Hall–Kier alpha value is -3.53. The van der Waals surface area contributed by atoms with Crippen molar-refractivity contribution in [2.75, 3.05) is 6.61 Å². The number of nitrogens with one attached hydrogen (secondary N) is 2. The van der Waals surface area contributed by atoms with Gasteiger partial charge in [-0.15, -0.1) is 0 Å². The minimum atomic E-state index is -1.45. The average Bonchev–Trinajstić information content (AvgIpc) is 2.89. The maximum Gasteiger partial charge on any atom is 0.303 e. The lowest BCUT2D eigenvalue weighted by Gasteiger charge is -2.27. The van der Waals surface area contributed by atoms with Gasteiger partial charge in [-0.25, -0.2) is 0 Å². The van der Waals surface area contributed by atoms with Crippen LogP contribution in [-0.2, 0) is 14.4 Å². The summed E-state index contributed by atoms with van der Waals surface area (Å²) in [4.78, 5) is 34.6. The van der Waals surface area contributed by atoms with E-state index in [2.05, 4.69) is 60.0 Å². The Morgan fingerprint density at radius 2 is 1.62 bits per heavy atom. The van der Waals surface area contributed by atoms with E-state index < -0.39 is 36.8 Å². The number of primary amides is 1. The van der Waals surface area contributed by atoms with Gasteiger partial charge in [0.2, 0.25) is 11.8 Å². The van der Waals surface area contributed by atoms with Gasteiger partial charge >= 0.3 is 5.97 Å². The Bertz CT molecular complexity index is 1040. The molecular formula is C28H37N3O6. The number of rotatable bonds is 16. The van der Waals surface area contributed by atoms with Crippen molar-refractivity contribution in [3.63, 3.8) is 0 Å². The largest absolute Gasteiger partial charge is 0.481 e. The molecule has 37 heavy (non-hydrogen) atoms. The molecule has 200 valence electrons. The van der Waals surface area contributed by atoms with Crippen molar-refractivity contribution in [2.45, 2.75) is 63.8 Å². The molecular weight excluding hydrogens is 474 g/mol. The zero-order valence-electron chi connectivity index (χ0n) is 21.1. The second kappa shape index (κ2) is 15.6. The summed E-state index contributed by atoms with van der Waals surface area (Å²) in [5.74, 6) is -2.30. The third-order valence-electron chi connectivity index (χ3n) is 6.05. The highest BCUT2D eigenvalue weighted by atomic mass is 16.4. The van der Waals surface area contributed by atoms with Gasteiger partial charge in [-0.05, 0) is 54.9 Å². The van der Waals surface area contributed by atoms with E-state index in [0.717, 1.165) is 29.5 Å². The number of carboxylic acid groups (broad SMARTS) is 1. The molecule has 9 nitrogen and oxygen atoms in total. The zero-order chi connectivity index (χ0) is 27.2. The van der Waals surface area contributed by atoms with Crippen molar-refractivity contribution >= 4 is 23.4 Å². The number of hydrogen-bond donors (Lipinski definition) is 6. The maximum atomic E-state index is 12.4. The number of aliphatic hydroxyl groups excluding tert-OH is 2. The maximum absolute atomic E-state index is 12.4. The lowest BCUT2D eigenvalue weighted by atomic mass is 10.00. The first kappa shape index (κ1) is 29.7. The van der Waals surface area contributed by atoms with Gasteiger partial charge in [0, 0.05) is 12.8 Å². The van der Waals surface area contributed by atoms with Crippen LogP contribution in [0.15, 0.2) is 60.7 Å². The monoisotopic (exact) mass is 511 g/mol. The first-order valence-corrected chi connectivity index (χ1v) is 12.4. The van der Waals surface area contributed by atoms with Crippen LogP contribution in [-0.4, -0.2) is 58.0 Å². The minimum absolute atomic E-state index is 0.0584. The van der Waals surface area contributed by atoms with Crippen LogP contribution in [0.5, 0.6) is 0 Å². The number of nitrogens with two attached hydrogens (primary N) is 1. The molecule has 0 saturated heterocycles. The van der Waals surface area contributed by atoms with Gasteiger partial charge in [0.15, 0.2) is 0 Å². The number of carbonyl (C=O) groups excluding carboxylic acids is 2. The van der Waals surface area contributed by atoms with E-state index in [9.17, 15) is 24.6 Å². The lowest BCUT2D eigenvalue weighted by Crippen LogP contribution is -2.56. The quantitative estimate of drug-likeness (QED) is 0.149. The molecule has 2 amide bonds. The fourth-order valence-electron chi connectivity index (χ4n) is 3.84. The predicted molar refractivity (Wildman–Crippen MR) is 142 cm³/mol. The highest BCUT2D eigenvalue weighted by Gasteiger charge is 2.26. The predicted octanol–water partition coefficient (Wildman–Crippen LogP) is 2.42. The van der Waals surface area contributed by atoms with Crippen LogP contribution in [0.3, 0.4) is 0 Å². The number of amides is 2. The molecule has 3 atom stereocenters. The number of carboxylic acids is 1. The Morgan fingerprint density at radius 1 is 0.973 bits per heavy atom. The third kappa shape index (κ3) is 10.5. The van der Waals surface area contributed by atoms with Gasteiger partial charge in [0.05, 0.1) is 12.6 Å². The van der Waals surface area contributed by atoms with Crippen molar-refractivity contribution in [1.82, 2.24) is 10.6 Å². The number of aliphatic carboxylic acids is 1. The second-order valence-electron chi connectivity index (χ2n) is 8.93. The zero-order valence-corrected chi connectivity index (χ0v) is 21.1. The summed E-state index contributed by atoms with van der Waals surface area (Å²) in [6.07, 6.45) is 2.72. The number of allylic oxidation sites excluding steroid dienone is 2. The second-order valence-corrected chi connectivity index (χ2v) is 8.93. The molecule has 0 heterocycles. The number of unbranched alkanes of at least 4 members (excludes halogenated alkanes) is 2. The molecule has 0 bridgehead atoms. The smallest absolute Gasteiger partial charge is 0.303 e. The van der Waals surface area contributed by atoms with E-state index in [1.54, 1.807) is 0 Å². The topological polar surface area (TPSA) is 162 Å². The molecule has 0 aliphatic rings. The fraction of sp³-hybridized carbons (Fsp3) is 0.393. The number of carbonyl (C=O) groups is 3. The van der Waals surface area contributed by atoms with Gasteiger partial charge in [-0.3, -0.25) is 19.7 Å². The highest BCUT2D eigenvalue weighted by Crippen LogP contribution is 2.22. The van der Waals surface area contributed by atoms with Crippen LogP contribution < -0.4 is 16.4 Å². The summed E-state index contributed by atoms with van der Waals surface area (Å²) in [6, 6.07) is 16.4. The molecule has 2 unspecified atom stereocenters. The fourth-order valence-corrected chi connectivity index (χ4v) is 3.84. The Kier molecular flexibility index (Phi) is 12.5. The summed E-state index contributed by atoms with van der Waals surface area (Å²) < 4.78 is 0. The van der Waals surface area contributed by atoms with Crippen molar-refractivity contribution in [2.24, 2.45) is 5.73 Å². The summed E-state index contributed by atoms with van der Waals surface area (Å²) >= 11 is 0. The molecule has 2 aromatic carbocycles. The van der Waals surface area contributed by atoms with E-state index in [1.807, 2.05) is 18.2 Å². The van der Waals surface area contributed by atoms with Gasteiger partial charge in [0.1, 0.15) is 12.3 Å². The molecule has 0 fully saturated rings. The van der Waals surface area contributed by atoms with E-state index in [-0.39, 0.29) is 25.2 Å². The van der Waals surface area contributed by atoms with Gasteiger partial charge in [-0.1, -0.05) is 60.7 Å². The molecule has 9 heteroatoms. The van der Waals surface area contributed by atoms with Crippen LogP contribution in [0.25, 0.3) is 16.7 Å². The van der Waals surface area contributed by atoms with Gasteiger partial charge < -0.3 is 26.4 Å². The highest BCUT2D eigenvalue weighted by molar-refractivity contribution is 5.80. The summed E-state index contributed by atoms with van der Waals surface area (Å²) in [5, 5.41) is 33.5. The number of aliphatic hydroxyl groups is 2. The van der Waals surface area contributed by atoms with Crippen molar-refractivity contribution in [3.8, 4) is 11.1 Å². The first-order valence-electron chi connectivity index (χ1n) is 12.4. The normalized spacial score (nSPS) is 14.0. The van der Waals surface area contributed by atoms with E-state index in [4.69, 9.17) is 10.8 Å². The summed E-state index contributed by atoms with van der Waals surface area (Å²) in [5.41, 5.74) is 9.76. The molecule has 0 spiro atoms. The minimum Gasteiger partial charge on any atom is -0.481 e. The number of benzene rings is 2. The lowest BCUT2D eigenvalue weighted by molar-refractivity contribution is -0.138. The van der Waals surface area contributed by atoms with E-state index >= 15 is 0 Å². The van der Waals surface area contributed by atoms with Gasteiger partial charge in [0.25, 0.3) is 0 Å². The molecule has 7 N–H and O–H groups in total. The van der Waals surface area contributed by atoms with Crippen molar-refractivity contribution in [1.29, 1.82) is 0 Å². The molecule has 0 aromatic heterocycles. The van der Waals surface area contributed by atoms with Crippen LogP contribution >= 0.6 is 0 Å². The summed E-state index contributed by atoms with van der Waals surface area (Å²) in [7, 11) is 0. The Balaban J connectivity index is 1.81. The molecule has 2 rings (SSSR count). The van der Waals surface area contributed by atoms with Crippen LogP contribution in [0.2, 0.25) is 0 Å². The SMILES string of the molecule is C/C(=C\CCCCC(=O)NC(CCC(=O)O)C(O)N[C@@H](CO)C(N)=O)c1ccc(-c2ccccc2)cc1. The Morgan fingerprint density at radius 3 is 2.22 bits per heavy atom. The van der Waals surface area contributed by atoms with Crippen molar-refractivity contribution < 1.29 is 29.7 Å². The Labute approximate surface area is 217 Å². The summed E-state index contributed by atoms with van der Waals surface area (Å²) in [6.45, 7) is 1.41. The molecule has 0 radical (unpaired) electrons. The average molecular weight is 512 g/mol. The molecule has 0 aliphatic carbocycles. The standard InChI is InChI=1S/C28H37N3O6/c1-19(20-12-14-22(15-13-20)21-9-5-3-6-10-21)8-4-2-7-11-25(33)30-23(16-17-26(34)35)28(37)31-24(18-32)27(29)36/h3,5-6,8-10,12-15,23-24,28,31-32,37H,2,4,7,11,16-18H2,1H3,(H2,29,36)(H,30,33)(H,34,35)/b19-8+/t23?,24-,28?/m0/s1. The third-order valence-corrected chi connectivity index (χ3v) is 6.05. The van der Waals surface area contributed by atoms with Crippen LogP contribution in [0.1, 0.15) is 51.0 Å². The molecule has 0 saturated carbocycles. The van der Waals surface area contributed by atoms with E-state index in [1.165, 1.54) is 5.56 Å². The molecule has 0 aliphatic heterocycles. The van der Waals surface area contributed by atoms with Crippen LogP contribution in [0.4, 0.5) is 0 Å². The van der Waals surface area contributed by atoms with Crippen molar-refractivity contribution in [3.05, 3.63) is 66.2 Å².